The number of carboxylic acid groups (broad SMARTS) is 1. The first-order valence-corrected chi connectivity index (χ1v) is 3.81. The topological polar surface area (TPSA) is 44.5 Å². The molecule has 1 rings (SSSR count). The van der Waals surface area contributed by atoms with Gasteiger partial charge >= 0.3 is 29.6 Å². The zero-order chi connectivity index (χ0) is 8.32. The van der Waals surface area contributed by atoms with Gasteiger partial charge in [0.15, 0.2) is 0 Å². The number of carbonyl (C=O) groups is 1. The van der Waals surface area contributed by atoms with Crippen LogP contribution in [0.15, 0.2) is 0 Å². The Bertz CT molecular complexity index is 204. The molecule has 0 aliphatic heterocycles. The second-order valence-electron chi connectivity index (χ2n) is 2.99. The molecule has 0 atom stereocenters. The molecule has 0 unspecified atom stereocenters. The monoisotopic (exact) mass is 175 g/mol. The quantitative estimate of drug-likeness (QED) is 0.323. The fourth-order valence-electron chi connectivity index (χ4n) is 1.50. The molecule has 12 heavy (non-hydrogen) atoms. The summed E-state index contributed by atoms with van der Waals surface area (Å²) in [6, 6.07) is 0. The van der Waals surface area contributed by atoms with Gasteiger partial charge in [-0.2, -0.15) is 0 Å². The molecule has 0 aromatic carbocycles. The molecule has 0 aromatic heterocycles. The molecule has 0 spiro atoms. The molecule has 1 saturated carbocycles. The van der Waals surface area contributed by atoms with Gasteiger partial charge in [0.25, 0.3) is 5.54 Å². The van der Waals surface area contributed by atoms with Crippen molar-refractivity contribution in [2.75, 3.05) is 0 Å². The van der Waals surface area contributed by atoms with Crippen molar-refractivity contribution < 1.29 is 39.5 Å². The van der Waals surface area contributed by atoms with Crippen LogP contribution in [0.2, 0.25) is 0 Å². The van der Waals surface area contributed by atoms with E-state index in [9.17, 15) is 9.90 Å². The maximum absolute atomic E-state index is 10.6. The van der Waals surface area contributed by atoms with Gasteiger partial charge in [-0.15, -0.1) is 0 Å². The Labute approximate surface area is 94.3 Å². The predicted octanol–water partition coefficient (Wildman–Crippen LogP) is -2.64. The summed E-state index contributed by atoms with van der Waals surface area (Å²) < 4.78 is 0. The molecule has 1 fully saturated rings. The number of carbonyl (C=O) groups excluding carboxylic acids is 1. The molecule has 0 N–H and O–H groups in total. The molecule has 1 aliphatic rings. The van der Waals surface area contributed by atoms with Crippen LogP contribution in [0.1, 0.15) is 32.1 Å². The molecule has 0 heterocycles. The van der Waals surface area contributed by atoms with Gasteiger partial charge in [0.2, 0.25) is 0 Å². The normalized spacial score (nSPS) is 20.2. The van der Waals surface area contributed by atoms with E-state index in [1.807, 2.05) is 0 Å². The third kappa shape index (κ3) is 2.22. The summed E-state index contributed by atoms with van der Waals surface area (Å²) in [5.74, 6) is -1.19. The van der Waals surface area contributed by atoms with Crippen molar-refractivity contribution in [2.24, 2.45) is 0 Å². The van der Waals surface area contributed by atoms with Gasteiger partial charge in [0.1, 0.15) is 5.97 Å². The predicted molar refractivity (Wildman–Crippen MR) is 37.4 cm³/mol. The fraction of sp³-hybridized carbons (Fsp3) is 0.750. The smallest absolute Gasteiger partial charge is 0.542 e. The van der Waals surface area contributed by atoms with E-state index in [0.717, 1.165) is 19.3 Å². The Morgan fingerprint density at radius 1 is 1.33 bits per heavy atom. The van der Waals surface area contributed by atoms with E-state index >= 15 is 0 Å². The molecule has 1 aliphatic carbocycles. The van der Waals surface area contributed by atoms with E-state index < -0.39 is 11.5 Å². The summed E-state index contributed by atoms with van der Waals surface area (Å²) in [7, 11) is 0. The third-order valence-corrected chi connectivity index (χ3v) is 2.27. The second kappa shape index (κ2) is 4.86. The summed E-state index contributed by atoms with van der Waals surface area (Å²) in [6.45, 7) is 6.78. The Morgan fingerprint density at radius 3 is 2.08 bits per heavy atom. The van der Waals surface area contributed by atoms with E-state index in [4.69, 9.17) is 6.57 Å². The van der Waals surface area contributed by atoms with Crippen molar-refractivity contribution >= 4 is 5.97 Å². The fourth-order valence-corrected chi connectivity index (χ4v) is 1.50. The van der Waals surface area contributed by atoms with E-state index in [-0.39, 0.29) is 29.6 Å². The number of nitrogens with zero attached hydrogens (tertiary/aromatic N) is 1. The SMILES string of the molecule is [C-]#[N+]C1(C(=O)[O-])CCCCC1.[Na+]. The summed E-state index contributed by atoms with van der Waals surface area (Å²) >= 11 is 0. The van der Waals surface area contributed by atoms with Crippen LogP contribution < -0.4 is 34.7 Å². The zero-order valence-electron chi connectivity index (χ0n) is 7.30. The number of hydrogen-bond donors (Lipinski definition) is 0. The van der Waals surface area contributed by atoms with Crippen LogP contribution in [-0.4, -0.2) is 11.5 Å². The molecule has 0 amide bonds. The van der Waals surface area contributed by atoms with Gasteiger partial charge < -0.3 is 14.7 Å². The number of aliphatic carboxylic acids is 1. The van der Waals surface area contributed by atoms with Crippen LogP contribution in [0, 0.1) is 6.57 Å². The number of hydrogen-bond acceptors (Lipinski definition) is 2. The summed E-state index contributed by atoms with van der Waals surface area (Å²) in [6.07, 6.45) is 3.68. The van der Waals surface area contributed by atoms with Crippen LogP contribution in [0.4, 0.5) is 0 Å². The summed E-state index contributed by atoms with van der Waals surface area (Å²) in [4.78, 5) is 13.7. The van der Waals surface area contributed by atoms with Gasteiger partial charge in [-0.05, 0) is 12.8 Å². The molecule has 0 saturated heterocycles. The number of carboxylic acids is 1. The Morgan fingerprint density at radius 2 is 1.83 bits per heavy atom. The Balaban J connectivity index is 0.00000121. The standard InChI is InChI=1S/C8H11NO2.Na/c1-9-8(7(10)11)5-3-2-4-6-8;/h2-6H2,(H,10,11);/q;+1/p-1. The molecule has 3 nitrogen and oxygen atoms in total. The molecule has 4 heteroatoms. The van der Waals surface area contributed by atoms with Gasteiger partial charge in [-0.1, -0.05) is 6.42 Å². The molecule has 0 radical (unpaired) electrons. The first-order valence-electron chi connectivity index (χ1n) is 3.81. The Hall–Kier alpha value is -0.0400. The molecular formula is C8H10NNaO2. The minimum Gasteiger partial charge on any atom is -0.542 e. The summed E-state index contributed by atoms with van der Waals surface area (Å²) in [5.41, 5.74) is -1.18. The minimum atomic E-state index is -1.19. The van der Waals surface area contributed by atoms with Crippen molar-refractivity contribution in [3.63, 3.8) is 0 Å². The Kier molecular flexibility index (Phi) is 4.84. The third-order valence-electron chi connectivity index (χ3n) is 2.27. The number of rotatable bonds is 1. The van der Waals surface area contributed by atoms with Crippen LogP contribution >= 0.6 is 0 Å². The van der Waals surface area contributed by atoms with E-state index in [1.165, 1.54) is 0 Å². The van der Waals surface area contributed by atoms with Crippen molar-refractivity contribution in [3.05, 3.63) is 11.4 Å². The van der Waals surface area contributed by atoms with Crippen LogP contribution in [-0.2, 0) is 4.79 Å². The molecule has 60 valence electrons. The van der Waals surface area contributed by atoms with Crippen molar-refractivity contribution in [2.45, 2.75) is 37.6 Å². The van der Waals surface area contributed by atoms with Crippen molar-refractivity contribution in [3.8, 4) is 0 Å². The molecular weight excluding hydrogens is 165 g/mol. The average molecular weight is 175 g/mol. The maximum Gasteiger partial charge on any atom is 1.00 e. The van der Waals surface area contributed by atoms with Gasteiger partial charge in [0, 0.05) is 12.8 Å². The average Bonchev–Trinajstić information content (AvgIpc) is 2.05. The van der Waals surface area contributed by atoms with Crippen molar-refractivity contribution in [1.82, 2.24) is 0 Å². The first-order chi connectivity index (χ1) is 5.21. The zero-order valence-corrected chi connectivity index (χ0v) is 9.30. The van der Waals surface area contributed by atoms with E-state index in [0.29, 0.717) is 12.8 Å². The van der Waals surface area contributed by atoms with Gasteiger partial charge in [-0.25, -0.2) is 6.57 Å². The minimum absolute atomic E-state index is 0. The van der Waals surface area contributed by atoms with E-state index in [2.05, 4.69) is 4.85 Å². The molecule has 0 bridgehead atoms. The first kappa shape index (κ1) is 12.0. The maximum atomic E-state index is 10.6. The molecule has 0 aromatic rings. The van der Waals surface area contributed by atoms with Crippen LogP contribution in [0.5, 0.6) is 0 Å². The van der Waals surface area contributed by atoms with E-state index in [1.54, 1.807) is 0 Å². The van der Waals surface area contributed by atoms with Gasteiger partial charge in [-0.3, -0.25) is 0 Å². The van der Waals surface area contributed by atoms with Gasteiger partial charge in [0.05, 0.1) is 0 Å². The second-order valence-corrected chi connectivity index (χ2v) is 2.99. The summed E-state index contributed by atoms with van der Waals surface area (Å²) in [5, 5.41) is 10.6. The van der Waals surface area contributed by atoms with Crippen molar-refractivity contribution in [1.29, 1.82) is 0 Å². The van der Waals surface area contributed by atoms with Crippen LogP contribution in [0.25, 0.3) is 4.85 Å². The van der Waals surface area contributed by atoms with Crippen LogP contribution in [0.3, 0.4) is 0 Å². The largest absolute Gasteiger partial charge is 1.00 e.